The summed E-state index contributed by atoms with van der Waals surface area (Å²) in [5.74, 6) is 5.26. The van der Waals surface area contributed by atoms with E-state index in [1.54, 1.807) is 0 Å². The van der Waals surface area contributed by atoms with Crippen LogP contribution in [-0.4, -0.2) is 24.0 Å². The lowest BCUT2D eigenvalue weighted by molar-refractivity contribution is 0.0953. The number of hydrogen-bond acceptors (Lipinski definition) is 5. The van der Waals surface area contributed by atoms with E-state index in [0.29, 0.717) is 16.9 Å². The van der Waals surface area contributed by atoms with Crippen LogP contribution in [0.2, 0.25) is 0 Å². The number of nitriles is 1. The lowest BCUT2D eigenvalue weighted by Crippen LogP contribution is -2.40. The fraction of sp³-hybridized carbons (Fsp3) is 0.300. The number of anilines is 1. The van der Waals surface area contributed by atoms with Gasteiger partial charge in [0.25, 0.3) is 5.91 Å². The molecule has 1 aliphatic rings. The first-order valence-electron chi connectivity index (χ1n) is 4.92. The van der Waals surface area contributed by atoms with Gasteiger partial charge in [-0.25, -0.2) is 10.8 Å². The summed E-state index contributed by atoms with van der Waals surface area (Å²) in [6.45, 7) is 1.76. The zero-order valence-electron chi connectivity index (χ0n) is 8.60. The van der Waals surface area contributed by atoms with E-state index in [1.165, 1.54) is 12.3 Å². The molecule has 0 saturated carbocycles. The van der Waals surface area contributed by atoms with Gasteiger partial charge in [-0.2, -0.15) is 5.26 Å². The molecule has 2 rings (SSSR count). The van der Waals surface area contributed by atoms with Gasteiger partial charge in [0.1, 0.15) is 11.9 Å². The van der Waals surface area contributed by atoms with E-state index in [-0.39, 0.29) is 0 Å². The number of amides is 1. The van der Waals surface area contributed by atoms with Crippen molar-refractivity contribution in [3.05, 3.63) is 23.4 Å². The van der Waals surface area contributed by atoms with Crippen LogP contribution < -0.4 is 16.2 Å². The Balaban J connectivity index is 2.43. The molecule has 1 fully saturated rings. The van der Waals surface area contributed by atoms with Crippen LogP contribution in [0, 0.1) is 11.3 Å². The Bertz CT molecular complexity index is 461. The summed E-state index contributed by atoms with van der Waals surface area (Å²) in [5.41, 5.74) is 2.76. The summed E-state index contributed by atoms with van der Waals surface area (Å²) < 4.78 is 0. The van der Waals surface area contributed by atoms with Crippen LogP contribution in [0.25, 0.3) is 0 Å². The topological polar surface area (TPSA) is 95.0 Å². The molecule has 0 unspecified atom stereocenters. The molecule has 6 nitrogen and oxygen atoms in total. The summed E-state index contributed by atoms with van der Waals surface area (Å²) in [7, 11) is 0. The summed E-state index contributed by atoms with van der Waals surface area (Å²) in [5, 5.41) is 8.75. The van der Waals surface area contributed by atoms with Gasteiger partial charge in [-0.15, -0.1) is 0 Å². The van der Waals surface area contributed by atoms with Gasteiger partial charge in [0.05, 0.1) is 11.1 Å². The van der Waals surface area contributed by atoms with Gasteiger partial charge >= 0.3 is 0 Å². The molecule has 16 heavy (non-hydrogen) atoms. The third kappa shape index (κ3) is 1.68. The Morgan fingerprint density at radius 2 is 2.38 bits per heavy atom. The van der Waals surface area contributed by atoms with Gasteiger partial charge < -0.3 is 4.90 Å². The van der Waals surface area contributed by atoms with Crippen LogP contribution in [0.15, 0.2) is 12.3 Å². The van der Waals surface area contributed by atoms with E-state index in [9.17, 15) is 4.79 Å². The van der Waals surface area contributed by atoms with Crippen molar-refractivity contribution in [3.8, 4) is 6.07 Å². The summed E-state index contributed by atoms with van der Waals surface area (Å²) in [6.07, 6.45) is 2.55. The van der Waals surface area contributed by atoms with Crippen molar-refractivity contribution in [1.29, 1.82) is 5.26 Å². The molecule has 82 valence electrons. The molecular weight excluding hydrogens is 206 g/mol. The van der Waals surface area contributed by atoms with E-state index in [2.05, 4.69) is 10.4 Å². The highest BCUT2D eigenvalue weighted by Crippen LogP contribution is 2.23. The molecule has 0 aromatic carbocycles. The molecule has 1 aromatic heterocycles. The Hall–Kier alpha value is -2.13. The van der Waals surface area contributed by atoms with E-state index in [1.807, 2.05) is 11.0 Å². The predicted molar refractivity (Wildman–Crippen MR) is 57.4 cm³/mol. The van der Waals surface area contributed by atoms with Gasteiger partial charge in [-0.1, -0.05) is 0 Å². The van der Waals surface area contributed by atoms with Crippen molar-refractivity contribution in [3.63, 3.8) is 0 Å². The average molecular weight is 217 g/mol. The Morgan fingerprint density at radius 1 is 1.62 bits per heavy atom. The molecule has 6 heteroatoms. The smallest absolute Gasteiger partial charge is 0.268 e. The SMILES string of the molecule is N#Cc1cnc(N2CCC2)c(C(=O)NN)c1. The monoisotopic (exact) mass is 217 g/mol. The van der Waals surface area contributed by atoms with Gasteiger partial charge in [0.15, 0.2) is 0 Å². The second kappa shape index (κ2) is 4.16. The normalized spacial score (nSPS) is 13.9. The average Bonchev–Trinajstić information content (AvgIpc) is 2.26. The van der Waals surface area contributed by atoms with Crippen molar-refractivity contribution in [2.45, 2.75) is 6.42 Å². The second-order valence-electron chi connectivity index (χ2n) is 3.52. The molecule has 2 heterocycles. The fourth-order valence-corrected chi connectivity index (χ4v) is 1.54. The molecule has 1 aromatic rings. The number of hydrazine groups is 1. The summed E-state index contributed by atoms with van der Waals surface area (Å²) in [4.78, 5) is 17.6. The molecule has 0 spiro atoms. The zero-order chi connectivity index (χ0) is 11.5. The zero-order valence-corrected chi connectivity index (χ0v) is 8.60. The minimum Gasteiger partial charge on any atom is -0.356 e. The lowest BCUT2D eigenvalue weighted by Gasteiger charge is -2.33. The second-order valence-corrected chi connectivity index (χ2v) is 3.52. The van der Waals surface area contributed by atoms with E-state index < -0.39 is 5.91 Å². The van der Waals surface area contributed by atoms with Crippen LogP contribution in [0.1, 0.15) is 22.3 Å². The molecule has 1 saturated heterocycles. The Kier molecular flexibility index (Phi) is 2.70. The first-order chi connectivity index (χ1) is 7.76. The number of nitrogens with two attached hydrogens (primary N) is 1. The van der Waals surface area contributed by atoms with Crippen LogP contribution in [0.3, 0.4) is 0 Å². The third-order valence-corrected chi connectivity index (χ3v) is 2.53. The van der Waals surface area contributed by atoms with E-state index >= 15 is 0 Å². The first-order valence-corrected chi connectivity index (χ1v) is 4.92. The van der Waals surface area contributed by atoms with Crippen molar-refractivity contribution in [1.82, 2.24) is 10.4 Å². The van der Waals surface area contributed by atoms with Crippen molar-refractivity contribution < 1.29 is 4.79 Å². The summed E-state index contributed by atoms with van der Waals surface area (Å²) in [6, 6.07) is 3.45. The van der Waals surface area contributed by atoms with Crippen LogP contribution in [0.4, 0.5) is 5.82 Å². The molecule has 0 atom stereocenters. The molecule has 0 radical (unpaired) electrons. The number of carbonyl (C=O) groups is 1. The standard InChI is InChI=1S/C10H11N5O/c11-5-7-4-8(10(16)14-12)9(13-6-7)15-2-1-3-15/h4,6H,1-3,12H2,(H,14,16). The predicted octanol–water partition coefficient (Wildman–Crippen LogP) is -0.233. The third-order valence-electron chi connectivity index (χ3n) is 2.53. The van der Waals surface area contributed by atoms with E-state index in [4.69, 9.17) is 11.1 Å². The molecule has 1 amide bonds. The van der Waals surface area contributed by atoms with Crippen molar-refractivity contribution >= 4 is 11.7 Å². The van der Waals surface area contributed by atoms with E-state index in [0.717, 1.165) is 19.5 Å². The van der Waals surface area contributed by atoms with Crippen LogP contribution >= 0.6 is 0 Å². The number of nitrogens with one attached hydrogen (secondary N) is 1. The number of pyridine rings is 1. The molecule has 1 aliphatic heterocycles. The lowest BCUT2D eigenvalue weighted by atomic mass is 10.1. The number of carbonyl (C=O) groups excluding carboxylic acids is 1. The Morgan fingerprint density at radius 3 is 2.88 bits per heavy atom. The molecular formula is C10H11N5O. The molecule has 3 N–H and O–H groups in total. The highest BCUT2D eigenvalue weighted by Gasteiger charge is 2.22. The highest BCUT2D eigenvalue weighted by molar-refractivity contribution is 5.99. The first kappa shape index (κ1) is 10.4. The fourth-order valence-electron chi connectivity index (χ4n) is 1.54. The maximum atomic E-state index is 11.5. The summed E-state index contributed by atoms with van der Waals surface area (Å²) >= 11 is 0. The molecule has 0 aliphatic carbocycles. The maximum absolute atomic E-state index is 11.5. The van der Waals surface area contributed by atoms with Gasteiger partial charge in [-0.3, -0.25) is 10.2 Å². The van der Waals surface area contributed by atoms with Crippen LogP contribution in [0.5, 0.6) is 0 Å². The van der Waals surface area contributed by atoms with Gasteiger partial charge in [-0.05, 0) is 12.5 Å². The number of nitrogen functional groups attached to an aromatic ring is 1. The number of nitrogens with zero attached hydrogens (tertiary/aromatic N) is 3. The minimum absolute atomic E-state index is 0.348. The van der Waals surface area contributed by atoms with Crippen molar-refractivity contribution in [2.75, 3.05) is 18.0 Å². The highest BCUT2D eigenvalue weighted by atomic mass is 16.2. The van der Waals surface area contributed by atoms with Crippen molar-refractivity contribution in [2.24, 2.45) is 5.84 Å². The maximum Gasteiger partial charge on any atom is 0.268 e. The quantitative estimate of drug-likeness (QED) is 0.405. The van der Waals surface area contributed by atoms with Crippen LogP contribution in [-0.2, 0) is 0 Å². The van der Waals surface area contributed by atoms with Gasteiger partial charge in [0, 0.05) is 19.3 Å². The number of aromatic nitrogens is 1. The largest absolute Gasteiger partial charge is 0.356 e. The number of rotatable bonds is 2. The minimum atomic E-state index is -0.425. The number of hydrogen-bond donors (Lipinski definition) is 2. The Labute approximate surface area is 92.6 Å². The van der Waals surface area contributed by atoms with Gasteiger partial charge in [0.2, 0.25) is 0 Å². The molecule has 0 bridgehead atoms.